The lowest BCUT2D eigenvalue weighted by atomic mass is 10.2. The van der Waals surface area contributed by atoms with E-state index in [0.717, 1.165) is 0 Å². The summed E-state index contributed by atoms with van der Waals surface area (Å²) in [6.07, 6.45) is 0. The molecule has 0 saturated heterocycles. The van der Waals surface area contributed by atoms with E-state index in [-0.39, 0.29) is 5.56 Å². The SMILES string of the molecule is COc1ccc(C(O)P(=O)(O)O)cc1OC. The summed E-state index contributed by atoms with van der Waals surface area (Å²) in [5, 5.41) is 9.38. The number of rotatable bonds is 4. The minimum absolute atomic E-state index is 0.0750. The van der Waals surface area contributed by atoms with Gasteiger partial charge < -0.3 is 24.4 Å². The van der Waals surface area contributed by atoms with Crippen molar-refractivity contribution in [3.8, 4) is 11.5 Å². The molecule has 1 unspecified atom stereocenters. The zero-order valence-electron chi connectivity index (χ0n) is 8.82. The molecule has 6 nitrogen and oxygen atoms in total. The van der Waals surface area contributed by atoms with Crippen molar-refractivity contribution in [3.05, 3.63) is 23.8 Å². The highest BCUT2D eigenvalue weighted by atomic mass is 31.2. The van der Waals surface area contributed by atoms with Gasteiger partial charge in [0.25, 0.3) is 0 Å². The number of aliphatic hydroxyl groups excluding tert-OH is 1. The number of hydrogen-bond donors (Lipinski definition) is 3. The fraction of sp³-hybridized carbons (Fsp3) is 0.333. The fourth-order valence-corrected chi connectivity index (χ4v) is 1.76. The molecule has 0 aliphatic carbocycles. The van der Waals surface area contributed by atoms with E-state index < -0.39 is 13.4 Å². The third-order valence-corrected chi connectivity index (χ3v) is 2.96. The van der Waals surface area contributed by atoms with Crippen LogP contribution in [0.2, 0.25) is 0 Å². The van der Waals surface area contributed by atoms with Crippen LogP contribution >= 0.6 is 7.60 Å². The molecule has 0 aliphatic rings. The molecule has 0 aromatic heterocycles. The average Bonchev–Trinajstić information content (AvgIpc) is 2.25. The van der Waals surface area contributed by atoms with Crippen LogP contribution < -0.4 is 9.47 Å². The number of ether oxygens (including phenoxy) is 2. The van der Waals surface area contributed by atoms with Gasteiger partial charge in [-0.3, -0.25) is 4.57 Å². The van der Waals surface area contributed by atoms with Crippen LogP contribution in [0, 0.1) is 0 Å². The molecule has 3 N–H and O–H groups in total. The minimum Gasteiger partial charge on any atom is -0.493 e. The van der Waals surface area contributed by atoms with E-state index in [1.54, 1.807) is 0 Å². The Morgan fingerprint density at radius 2 is 1.75 bits per heavy atom. The zero-order chi connectivity index (χ0) is 12.3. The van der Waals surface area contributed by atoms with E-state index in [4.69, 9.17) is 19.3 Å². The number of aliphatic hydroxyl groups is 1. The molecule has 0 spiro atoms. The van der Waals surface area contributed by atoms with Gasteiger partial charge in [0.1, 0.15) is 0 Å². The van der Waals surface area contributed by atoms with Crippen LogP contribution in [0.5, 0.6) is 11.5 Å². The van der Waals surface area contributed by atoms with Gasteiger partial charge in [-0.1, -0.05) is 6.07 Å². The van der Waals surface area contributed by atoms with Gasteiger partial charge in [0.2, 0.25) is 0 Å². The summed E-state index contributed by atoms with van der Waals surface area (Å²) in [6, 6.07) is 4.15. The van der Waals surface area contributed by atoms with Crippen LogP contribution in [-0.4, -0.2) is 29.1 Å². The predicted octanol–water partition coefficient (Wildman–Crippen LogP) is 0.872. The normalized spacial score (nSPS) is 13.3. The lowest BCUT2D eigenvalue weighted by molar-refractivity contribution is 0.205. The molecule has 0 aliphatic heterocycles. The van der Waals surface area contributed by atoms with E-state index in [1.165, 1.54) is 32.4 Å². The topological polar surface area (TPSA) is 96.2 Å². The van der Waals surface area contributed by atoms with Crippen molar-refractivity contribution in [3.63, 3.8) is 0 Å². The van der Waals surface area contributed by atoms with E-state index in [2.05, 4.69) is 0 Å². The first-order chi connectivity index (χ1) is 7.40. The van der Waals surface area contributed by atoms with E-state index in [0.29, 0.717) is 11.5 Å². The molecule has 90 valence electrons. The average molecular weight is 248 g/mol. The summed E-state index contributed by atoms with van der Waals surface area (Å²) in [5.74, 6) is -1.14. The summed E-state index contributed by atoms with van der Waals surface area (Å²) in [7, 11) is -1.74. The van der Waals surface area contributed by atoms with Crippen LogP contribution in [-0.2, 0) is 4.57 Å². The van der Waals surface area contributed by atoms with Crippen molar-refractivity contribution in [1.29, 1.82) is 0 Å². The van der Waals surface area contributed by atoms with Crippen LogP contribution in [0.15, 0.2) is 18.2 Å². The van der Waals surface area contributed by atoms with Crippen molar-refractivity contribution in [2.45, 2.75) is 5.85 Å². The highest BCUT2D eigenvalue weighted by Crippen LogP contribution is 2.50. The Hall–Kier alpha value is -1.07. The number of methoxy groups -OCH3 is 2. The zero-order valence-corrected chi connectivity index (χ0v) is 9.72. The monoisotopic (exact) mass is 248 g/mol. The lowest BCUT2D eigenvalue weighted by Crippen LogP contribution is -1.99. The summed E-state index contributed by atoms with van der Waals surface area (Å²) >= 11 is 0. The Balaban J connectivity index is 3.13. The molecular formula is C9H13O6P. The first-order valence-electron chi connectivity index (χ1n) is 4.35. The quantitative estimate of drug-likeness (QED) is 0.684. The van der Waals surface area contributed by atoms with Crippen molar-refractivity contribution in [1.82, 2.24) is 0 Å². The van der Waals surface area contributed by atoms with Crippen LogP contribution in [0.25, 0.3) is 0 Å². The minimum atomic E-state index is -4.57. The number of hydrogen-bond acceptors (Lipinski definition) is 4. The van der Waals surface area contributed by atoms with Gasteiger partial charge in [-0.15, -0.1) is 0 Å². The molecule has 0 saturated carbocycles. The second-order valence-corrected chi connectivity index (χ2v) is 4.74. The molecule has 1 atom stereocenters. The Morgan fingerprint density at radius 3 is 2.19 bits per heavy atom. The molecule has 1 rings (SSSR count). The predicted molar refractivity (Wildman–Crippen MR) is 56.5 cm³/mol. The summed E-state index contributed by atoms with van der Waals surface area (Å²) in [5.41, 5.74) is 0.0750. The van der Waals surface area contributed by atoms with Gasteiger partial charge >= 0.3 is 7.60 Å². The second kappa shape index (κ2) is 4.84. The Labute approximate surface area is 92.6 Å². The van der Waals surface area contributed by atoms with Crippen molar-refractivity contribution >= 4 is 7.60 Å². The second-order valence-electron chi connectivity index (χ2n) is 3.08. The van der Waals surface area contributed by atoms with Crippen LogP contribution in [0.3, 0.4) is 0 Å². The maximum atomic E-state index is 10.9. The lowest BCUT2D eigenvalue weighted by Gasteiger charge is -2.14. The van der Waals surface area contributed by atoms with E-state index in [1.807, 2.05) is 0 Å². The van der Waals surface area contributed by atoms with Gasteiger partial charge in [-0.05, 0) is 17.7 Å². The Bertz CT molecular complexity index is 412. The van der Waals surface area contributed by atoms with Gasteiger partial charge in [-0.2, -0.15) is 0 Å². The largest absolute Gasteiger partial charge is 0.493 e. The highest BCUT2D eigenvalue weighted by Gasteiger charge is 2.28. The maximum absolute atomic E-state index is 10.9. The van der Waals surface area contributed by atoms with Crippen molar-refractivity contribution < 1.29 is 28.9 Å². The molecule has 7 heteroatoms. The van der Waals surface area contributed by atoms with E-state index >= 15 is 0 Å². The molecule has 0 fully saturated rings. The van der Waals surface area contributed by atoms with Crippen LogP contribution in [0.1, 0.15) is 11.4 Å². The standard InChI is InChI=1S/C9H13O6P/c1-14-7-4-3-6(5-8(7)15-2)9(10)16(11,12)13/h3-5,9-10H,1-2H3,(H2,11,12,13). The molecule has 1 aromatic carbocycles. The fourth-order valence-electron chi connectivity index (χ4n) is 1.21. The van der Waals surface area contributed by atoms with Gasteiger partial charge in [0, 0.05) is 0 Å². The third-order valence-electron chi connectivity index (χ3n) is 2.02. The van der Waals surface area contributed by atoms with E-state index in [9.17, 15) is 9.67 Å². The molecule has 0 heterocycles. The molecule has 1 aromatic rings. The summed E-state index contributed by atoms with van der Waals surface area (Å²) < 4.78 is 20.8. The summed E-state index contributed by atoms with van der Waals surface area (Å²) in [6.45, 7) is 0. The Kier molecular flexibility index (Phi) is 3.93. The van der Waals surface area contributed by atoms with Crippen molar-refractivity contribution in [2.75, 3.05) is 14.2 Å². The van der Waals surface area contributed by atoms with Gasteiger partial charge in [-0.25, -0.2) is 0 Å². The smallest absolute Gasteiger partial charge is 0.358 e. The summed E-state index contributed by atoms with van der Waals surface area (Å²) in [4.78, 5) is 17.6. The first kappa shape index (κ1) is 13.0. The van der Waals surface area contributed by atoms with Gasteiger partial charge in [0.15, 0.2) is 17.3 Å². The highest BCUT2D eigenvalue weighted by molar-refractivity contribution is 7.51. The third kappa shape index (κ3) is 2.74. The molecule has 0 bridgehead atoms. The Morgan fingerprint density at radius 1 is 1.19 bits per heavy atom. The van der Waals surface area contributed by atoms with Crippen LogP contribution in [0.4, 0.5) is 0 Å². The first-order valence-corrected chi connectivity index (χ1v) is 6.03. The molecule has 16 heavy (non-hydrogen) atoms. The van der Waals surface area contributed by atoms with Crippen molar-refractivity contribution in [2.24, 2.45) is 0 Å². The van der Waals surface area contributed by atoms with Gasteiger partial charge in [0.05, 0.1) is 14.2 Å². The molecular weight excluding hydrogens is 235 g/mol. The maximum Gasteiger partial charge on any atom is 0.358 e. The molecule has 0 amide bonds. The molecule has 0 radical (unpaired) electrons. The number of benzene rings is 1.